The van der Waals surface area contributed by atoms with Crippen molar-refractivity contribution in [2.45, 2.75) is 30.3 Å². The number of fused-ring (bicyclic) bond motifs is 1. The quantitative estimate of drug-likeness (QED) is 0.562. The first-order valence-corrected chi connectivity index (χ1v) is 10.9. The Hall–Kier alpha value is -2.66. The molecule has 2 aromatic heterocycles. The summed E-state index contributed by atoms with van der Waals surface area (Å²) in [6.45, 7) is -1.74. The van der Waals surface area contributed by atoms with Crippen LogP contribution in [0.2, 0.25) is 0 Å². The first-order chi connectivity index (χ1) is 14.3. The van der Waals surface area contributed by atoms with Crippen molar-refractivity contribution in [2.24, 2.45) is 5.92 Å². The number of benzene rings is 1. The Morgan fingerprint density at radius 2 is 1.87 bits per heavy atom. The van der Waals surface area contributed by atoms with Crippen LogP contribution in [0, 0.1) is 11.7 Å². The van der Waals surface area contributed by atoms with Crippen molar-refractivity contribution in [3.63, 3.8) is 0 Å². The topological polar surface area (TPSA) is 103 Å². The highest BCUT2D eigenvalue weighted by atomic mass is 32.2. The van der Waals surface area contributed by atoms with Gasteiger partial charge in [0.2, 0.25) is 10.0 Å². The summed E-state index contributed by atoms with van der Waals surface area (Å²) in [5, 5.41) is 0.655. The molecule has 0 saturated heterocycles. The maximum atomic E-state index is 13.8. The molecule has 0 radical (unpaired) electrons. The van der Waals surface area contributed by atoms with Gasteiger partial charge in [-0.15, -0.1) is 0 Å². The molecule has 7 nitrogen and oxygen atoms in total. The number of nitrogens with zero attached hydrogens (tertiary/aromatic N) is 3. The van der Waals surface area contributed by atoms with E-state index < -0.39 is 35.2 Å². The Bertz CT molecular complexity index is 1170. The van der Waals surface area contributed by atoms with E-state index in [2.05, 4.69) is 9.97 Å². The van der Waals surface area contributed by atoms with E-state index in [0.29, 0.717) is 34.7 Å². The van der Waals surface area contributed by atoms with Crippen molar-refractivity contribution in [1.29, 1.82) is 0 Å². The van der Waals surface area contributed by atoms with Gasteiger partial charge in [-0.1, -0.05) is 0 Å². The smallest absolute Gasteiger partial charge is 0.244 e. The van der Waals surface area contributed by atoms with E-state index in [9.17, 15) is 21.6 Å². The van der Waals surface area contributed by atoms with Gasteiger partial charge in [-0.25, -0.2) is 36.3 Å². The largest absolute Gasteiger partial charge is 0.396 e. The summed E-state index contributed by atoms with van der Waals surface area (Å²) in [6.07, 6.45) is 4.22. The second-order valence-corrected chi connectivity index (χ2v) is 9.06. The normalized spacial score (nSPS) is 14.7. The highest BCUT2D eigenvalue weighted by Crippen LogP contribution is 2.39. The SMILES string of the molecule is Nc1c(-c2ncc(S(=O)(=O)NC(CF)CF)cn2)n(CC2CC2)c2cc(F)ccc12. The summed E-state index contributed by atoms with van der Waals surface area (Å²) in [5.41, 5.74) is 7.77. The first kappa shape index (κ1) is 20.6. The molecule has 1 aliphatic carbocycles. The number of aromatic nitrogens is 3. The zero-order valence-electron chi connectivity index (χ0n) is 15.9. The van der Waals surface area contributed by atoms with Crippen LogP contribution in [0.15, 0.2) is 35.5 Å². The van der Waals surface area contributed by atoms with Crippen molar-refractivity contribution in [1.82, 2.24) is 19.3 Å². The van der Waals surface area contributed by atoms with Crippen molar-refractivity contribution in [3.05, 3.63) is 36.4 Å². The molecule has 3 aromatic rings. The molecule has 4 rings (SSSR count). The average Bonchev–Trinajstić information content (AvgIpc) is 3.51. The van der Waals surface area contributed by atoms with Gasteiger partial charge in [0.15, 0.2) is 5.82 Å². The molecule has 11 heteroatoms. The number of sulfonamides is 1. The fraction of sp³-hybridized carbons (Fsp3) is 0.368. The van der Waals surface area contributed by atoms with E-state index in [1.807, 2.05) is 9.29 Å². The summed E-state index contributed by atoms with van der Waals surface area (Å²) in [4.78, 5) is 7.93. The lowest BCUT2D eigenvalue weighted by molar-refractivity contribution is 0.334. The minimum absolute atomic E-state index is 0.177. The average molecular weight is 439 g/mol. The van der Waals surface area contributed by atoms with Crippen LogP contribution in [0.1, 0.15) is 12.8 Å². The van der Waals surface area contributed by atoms with Crippen LogP contribution in [-0.2, 0) is 16.6 Å². The minimum Gasteiger partial charge on any atom is -0.396 e. The third kappa shape index (κ3) is 3.86. The number of alkyl halides is 2. The summed E-state index contributed by atoms with van der Waals surface area (Å²) < 4.78 is 67.5. The number of nitrogens with two attached hydrogens (primary N) is 1. The number of hydrogen-bond donors (Lipinski definition) is 2. The third-order valence-corrected chi connectivity index (χ3v) is 6.52. The highest BCUT2D eigenvalue weighted by molar-refractivity contribution is 7.89. The van der Waals surface area contributed by atoms with Crippen LogP contribution in [0.5, 0.6) is 0 Å². The van der Waals surface area contributed by atoms with Crippen LogP contribution >= 0.6 is 0 Å². The summed E-state index contributed by atoms with van der Waals surface area (Å²) in [7, 11) is -4.18. The lowest BCUT2D eigenvalue weighted by atomic mass is 10.2. The maximum absolute atomic E-state index is 13.8. The number of halogens is 3. The van der Waals surface area contributed by atoms with Crippen molar-refractivity contribution in [2.75, 3.05) is 19.1 Å². The molecule has 0 aliphatic heterocycles. The Kier molecular flexibility index (Phi) is 5.41. The fourth-order valence-corrected chi connectivity index (χ4v) is 4.39. The second kappa shape index (κ2) is 7.88. The van der Waals surface area contributed by atoms with Crippen molar-refractivity contribution >= 4 is 26.6 Å². The summed E-state index contributed by atoms with van der Waals surface area (Å²) >= 11 is 0. The van der Waals surface area contributed by atoms with Crippen LogP contribution in [0.25, 0.3) is 22.4 Å². The van der Waals surface area contributed by atoms with E-state index in [-0.39, 0.29) is 10.7 Å². The molecular weight excluding hydrogens is 419 g/mol. The van der Waals surface area contributed by atoms with Gasteiger partial charge in [0, 0.05) is 11.9 Å². The van der Waals surface area contributed by atoms with Gasteiger partial charge in [-0.3, -0.25) is 0 Å². The number of anilines is 1. The molecule has 0 unspecified atom stereocenters. The van der Waals surface area contributed by atoms with E-state index in [0.717, 1.165) is 25.2 Å². The Balaban J connectivity index is 1.75. The molecule has 0 spiro atoms. The van der Waals surface area contributed by atoms with E-state index in [1.54, 1.807) is 6.07 Å². The second-order valence-electron chi connectivity index (χ2n) is 7.35. The van der Waals surface area contributed by atoms with Crippen LogP contribution in [-0.4, -0.2) is 42.3 Å². The van der Waals surface area contributed by atoms with Gasteiger partial charge in [-0.05, 0) is 37.0 Å². The molecule has 1 aliphatic rings. The molecular formula is C19H20F3N5O2S. The highest BCUT2D eigenvalue weighted by Gasteiger charge is 2.27. The predicted molar refractivity (Wildman–Crippen MR) is 106 cm³/mol. The summed E-state index contributed by atoms with van der Waals surface area (Å²) in [5.74, 6) is 0.229. The molecule has 0 atom stereocenters. The van der Waals surface area contributed by atoms with Crippen LogP contribution < -0.4 is 10.5 Å². The van der Waals surface area contributed by atoms with Gasteiger partial charge in [0.25, 0.3) is 0 Å². The molecule has 160 valence electrons. The maximum Gasteiger partial charge on any atom is 0.244 e. The minimum atomic E-state index is -4.18. The molecule has 1 saturated carbocycles. The number of rotatable bonds is 8. The molecule has 2 heterocycles. The molecule has 0 amide bonds. The molecule has 1 aromatic carbocycles. The lowest BCUT2D eigenvalue weighted by Crippen LogP contribution is -2.38. The van der Waals surface area contributed by atoms with Crippen molar-refractivity contribution in [3.8, 4) is 11.5 Å². The Morgan fingerprint density at radius 3 is 2.47 bits per heavy atom. The van der Waals surface area contributed by atoms with Gasteiger partial charge in [0.1, 0.15) is 29.8 Å². The van der Waals surface area contributed by atoms with Crippen LogP contribution in [0.4, 0.5) is 18.9 Å². The standard InChI is InChI=1S/C19H20F3N5O2S/c20-6-13(7-21)26-30(28,29)14-8-24-19(25-9-14)18-17(23)15-4-3-12(22)5-16(15)27(18)10-11-1-2-11/h3-5,8-9,11,13,26H,1-2,6-7,10,23H2. The monoisotopic (exact) mass is 439 g/mol. The zero-order chi connectivity index (χ0) is 21.5. The lowest BCUT2D eigenvalue weighted by Gasteiger charge is -2.13. The first-order valence-electron chi connectivity index (χ1n) is 9.38. The molecule has 1 fully saturated rings. The predicted octanol–water partition coefficient (Wildman–Crippen LogP) is 2.82. The Labute approximate surface area is 171 Å². The van der Waals surface area contributed by atoms with Crippen LogP contribution in [0.3, 0.4) is 0 Å². The van der Waals surface area contributed by atoms with Gasteiger partial charge >= 0.3 is 0 Å². The van der Waals surface area contributed by atoms with Crippen molar-refractivity contribution < 1.29 is 21.6 Å². The van der Waals surface area contributed by atoms with E-state index in [4.69, 9.17) is 5.73 Å². The van der Waals surface area contributed by atoms with Gasteiger partial charge in [0.05, 0.1) is 29.6 Å². The number of hydrogen-bond acceptors (Lipinski definition) is 5. The van der Waals surface area contributed by atoms with E-state index >= 15 is 0 Å². The summed E-state index contributed by atoms with van der Waals surface area (Å²) in [6, 6.07) is 2.83. The molecule has 3 N–H and O–H groups in total. The fourth-order valence-electron chi connectivity index (χ4n) is 3.31. The third-order valence-electron chi connectivity index (χ3n) is 5.05. The molecule has 0 bridgehead atoms. The van der Waals surface area contributed by atoms with E-state index in [1.165, 1.54) is 12.1 Å². The van der Waals surface area contributed by atoms with Gasteiger partial charge < -0.3 is 10.3 Å². The Morgan fingerprint density at radius 1 is 1.20 bits per heavy atom. The molecule has 30 heavy (non-hydrogen) atoms. The zero-order valence-corrected chi connectivity index (χ0v) is 16.7. The number of nitrogens with one attached hydrogen (secondary N) is 1. The van der Waals surface area contributed by atoms with Gasteiger partial charge in [-0.2, -0.15) is 0 Å². The number of nitrogen functional groups attached to an aromatic ring is 1.